The number of rotatable bonds is 5. The van der Waals surface area contributed by atoms with Gasteiger partial charge in [-0.2, -0.15) is 0 Å². The summed E-state index contributed by atoms with van der Waals surface area (Å²) in [5.41, 5.74) is 1.26. The maximum Gasteiger partial charge on any atom is 0.0140 e. The van der Waals surface area contributed by atoms with E-state index in [1.807, 2.05) is 6.07 Å². The molecule has 0 saturated heterocycles. The maximum atomic E-state index is 3.47. The minimum Gasteiger partial charge on any atom is -0.311 e. The third-order valence-corrected chi connectivity index (χ3v) is 2.67. The largest absolute Gasteiger partial charge is 0.311 e. The van der Waals surface area contributed by atoms with Crippen LogP contribution in [0.15, 0.2) is 36.4 Å². The van der Waals surface area contributed by atoms with Crippen LogP contribution in [0.5, 0.6) is 0 Å². The van der Waals surface area contributed by atoms with E-state index in [0.717, 1.165) is 6.54 Å². The molecule has 0 aliphatic rings. The van der Waals surface area contributed by atoms with Gasteiger partial charge in [-0.05, 0) is 18.4 Å². The molecule has 82 valence electrons. The summed E-state index contributed by atoms with van der Waals surface area (Å²) < 4.78 is 0. The van der Waals surface area contributed by atoms with E-state index in [9.17, 15) is 0 Å². The predicted molar refractivity (Wildman–Crippen MR) is 67.8 cm³/mol. The zero-order chi connectivity index (χ0) is 11.1. The molecule has 1 rings (SSSR count). The second-order valence-corrected chi connectivity index (χ2v) is 4.25. The fourth-order valence-corrected chi connectivity index (χ4v) is 1.25. The van der Waals surface area contributed by atoms with Crippen molar-refractivity contribution in [3.63, 3.8) is 0 Å². The van der Waals surface area contributed by atoms with Gasteiger partial charge in [-0.15, -0.1) is 0 Å². The van der Waals surface area contributed by atoms with E-state index >= 15 is 0 Å². The molecular weight excluding hydrogens is 182 g/mol. The van der Waals surface area contributed by atoms with Crippen molar-refractivity contribution in [2.75, 3.05) is 6.54 Å². The third-order valence-electron chi connectivity index (χ3n) is 2.67. The average Bonchev–Trinajstić information content (AvgIpc) is 2.25. The second-order valence-electron chi connectivity index (χ2n) is 4.25. The molecule has 0 saturated carbocycles. The lowest BCUT2D eigenvalue weighted by Crippen LogP contribution is -2.30. The molecule has 0 aliphatic heterocycles. The van der Waals surface area contributed by atoms with E-state index in [4.69, 9.17) is 0 Å². The van der Waals surface area contributed by atoms with Crippen LogP contribution < -0.4 is 5.32 Å². The first-order valence-corrected chi connectivity index (χ1v) is 5.65. The topological polar surface area (TPSA) is 12.0 Å². The van der Waals surface area contributed by atoms with Gasteiger partial charge in [-0.1, -0.05) is 56.3 Å². The minimum absolute atomic E-state index is 0.574. The first-order chi connectivity index (χ1) is 7.20. The first kappa shape index (κ1) is 12.0. The van der Waals surface area contributed by atoms with Crippen molar-refractivity contribution in [1.82, 2.24) is 5.32 Å². The molecule has 0 fully saturated rings. The van der Waals surface area contributed by atoms with Gasteiger partial charge in [0.2, 0.25) is 0 Å². The lowest BCUT2D eigenvalue weighted by Gasteiger charge is -2.15. The van der Waals surface area contributed by atoms with Gasteiger partial charge in [-0.25, -0.2) is 0 Å². The average molecular weight is 203 g/mol. The predicted octanol–water partition coefficient (Wildman–Crippen LogP) is 3.33. The smallest absolute Gasteiger partial charge is 0.0140 e. The van der Waals surface area contributed by atoms with Crippen LogP contribution in [0.1, 0.15) is 26.3 Å². The molecule has 1 nitrogen and oxygen atoms in total. The Labute approximate surface area is 93.2 Å². The Morgan fingerprint density at radius 3 is 2.40 bits per heavy atom. The van der Waals surface area contributed by atoms with E-state index in [2.05, 4.69) is 62.5 Å². The lowest BCUT2D eigenvalue weighted by atomic mass is 10.1. The van der Waals surface area contributed by atoms with Crippen LogP contribution in [0.25, 0.3) is 6.08 Å². The fraction of sp³-hybridized carbons (Fsp3) is 0.429. The van der Waals surface area contributed by atoms with Gasteiger partial charge in [0, 0.05) is 12.6 Å². The summed E-state index contributed by atoms with van der Waals surface area (Å²) in [6.07, 6.45) is 4.33. The van der Waals surface area contributed by atoms with Crippen molar-refractivity contribution in [3.8, 4) is 0 Å². The van der Waals surface area contributed by atoms with Gasteiger partial charge in [0.15, 0.2) is 0 Å². The van der Waals surface area contributed by atoms with Crippen molar-refractivity contribution >= 4 is 6.08 Å². The van der Waals surface area contributed by atoms with E-state index in [-0.39, 0.29) is 0 Å². The summed E-state index contributed by atoms with van der Waals surface area (Å²) in [7, 11) is 0. The molecule has 0 amide bonds. The van der Waals surface area contributed by atoms with Gasteiger partial charge in [0.05, 0.1) is 0 Å². The van der Waals surface area contributed by atoms with Crippen LogP contribution >= 0.6 is 0 Å². The summed E-state index contributed by atoms with van der Waals surface area (Å²) in [4.78, 5) is 0. The highest BCUT2D eigenvalue weighted by atomic mass is 14.9. The zero-order valence-corrected chi connectivity index (χ0v) is 9.90. The fourth-order valence-electron chi connectivity index (χ4n) is 1.25. The van der Waals surface area contributed by atoms with E-state index in [0.29, 0.717) is 12.0 Å². The van der Waals surface area contributed by atoms with Gasteiger partial charge < -0.3 is 5.32 Å². The molecule has 0 heterocycles. The second kappa shape index (κ2) is 6.41. The van der Waals surface area contributed by atoms with Crippen LogP contribution in [0.4, 0.5) is 0 Å². The van der Waals surface area contributed by atoms with Crippen LogP contribution in [0, 0.1) is 5.92 Å². The highest BCUT2D eigenvalue weighted by Gasteiger charge is 2.03. The monoisotopic (exact) mass is 203 g/mol. The molecule has 1 aromatic rings. The summed E-state index contributed by atoms with van der Waals surface area (Å²) in [6.45, 7) is 7.63. The molecule has 0 bridgehead atoms. The van der Waals surface area contributed by atoms with Gasteiger partial charge in [0.1, 0.15) is 0 Å². The van der Waals surface area contributed by atoms with Gasteiger partial charge >= 0.3 is 0 Å². The SMILES string of the molecule is CC(C)C(C)NCC=Cc1ccccc1. The van der Waals surface area contributed by atoms with Crippen LogP contribution in [0.3, 0.4) is 0 Å². The lowest BCUT2D eigenvalue weighted by molar-refractivity contribution is 0.445. The third kappa shape index (κ3) is 4.80. The van der Waals surface area contributed by atoms with Gasteiger partial charge in [0.25, 0.3) is 0 Å². The zero-order valence-electron chi connectivity index (χ0n) is 9.90. The standard InChI is InChI=1S/C14H21N/c1-12(2)13(3)15-11-7-10-14-8-5-4-6-9-14/h4-10,12-13,15H,11H2,1-3H3. The maximum absolute atomic E-state index is 3.47. The van der Waals surface area contributed by atoms with Crippen molar-refractivity contribution in [2.45, 2.75) is 26.8 Å². The molecule has 1 aromatic carbocycles. The highest BCUT2D eigenvalue weighted by Crippen LogP contribution is 2.01. The Morgan fingerprint density at radius 2 is 1.80 bits per heavy atom. The van der Waals surface area contributed by atoms with E-state index in [1.165, 1.54) is 5.56 Å². The molecule has 1 atom stereocenters. The van der Waals surface area contributed by atoms with E-state index in [1.54, 1.807) is 0 Å². The van der Waals surface area contributed by atoms with Crippen LogP contribution in [0.2, 0.25) is 0 Å². The molecule has 0 radical (unpaired) electrons. The van der Waals surface area contributed by atoms with Crippen LogP contribution in [-0.4, -0.2) is 12.6 Å². The molecule has 1 unspecified atom stereocenters. The Bertz CT molecular complexity index is 287. The van der Waals surface area contributed by atoms with Crippen molar-refractivity contribution < 1.29 is 0 Å². The molecule has 15 heavy (non-hydrogen) atoms. The molecule has 0 aliphatic carbocycles. The number of benzene rings is 1. The first-order valence-electron chi connectivity index (χ1n) is 5.65. The summed E-state index contributed by atoms with van der Waals surface area (Å²) in [6, 6.07) is 11.0. The molecular formula is C14H21N. The quantitative estimate of drug-likeness (QED) is 0.774. The molecule has 0 aromatic heterocycles. The van der Waals surface area contributed by atoms with Crippen molar-refractivity contribution in [3.05, 3.63) is 42.0 Å². The number of nitrogens with one attached hydrogen (secondary N) is 1. The molecule has 0 spiro atoms. The number of hydrogen-bond donors (Lipinski definition) is 1. The Morgan fingerprint density at radius 1 is 1.13 bits per heavy atom. The highest BCUT2D eigenvalue weighted by molar-refractivity contribution is 5.48. The summed E-state index contributed by atoms with van der Waals surface area (Å²) >= 11 is 0. The van der Waals surface area contributed by atoms with E-state index < -0.39 is 0 Å². The Kier molecular flexibility index (Phi) is 5.13. The molecule has 1 N–H and O–H groups in total. The minimum atomic E-state index is 0.574. The Hall–Kier alpha value is -1.08. The summed E-state index contributed by atoms with van der Waals surface area (Å²) in [5.74, 6) is 0.690. The number of hydrogen-bond acceptors (Lipinski definition) is 1. The van der Waals surface area contributed by atoms with Gasteiger partial charge in [-0.3, -0.25) is 0 Å². The van der Waals surface area contributed by atoms with Crippen molar-refractivity contribution in [2.24, 2.45) is 5.92 Å². The molecule has 1 heteroatoms. The van der Waals surface area contributed by atoms with Crippen LogP contribution in [-0.2, 0) is 0 Å². The normalized spacial score (nSPS) is 13.6. The summed E-state index contributed by atoms with van der Waals surface area (Å²) in [5, 5.41) is 3.47. The Balaban J connectivity index is 2.29. The van der Waals surface area contributed by atoms with Crippen molar-refractivity contribution in [1.29, 1.82) is 0 Å².